The van der Waals surface area contributed by atoms with E-state index in [0.29, 0.717) is 0 Å². The minimum absolute atomic E-state index is 0.00263. The number of amides is 1. The number of ether oxygens (including phenoxy) is 7. The van der Waals surface area contributed by atoms with Crippen molar-refractivity contribution in [1.82, 2.24) is 5.32 Å². The zero-order valence-corrected chi connectivity index (χ0v) is 40.8. The van der Waals surface area contributed by atoms with E-state index in [2.05, 4.69) is 5.32 Å². The first-order valence-corrected chi connectivity index (χ1v) is 23.4. The van der Waals surface area contributed by atoms with Gasteiger partial charge in [-0.05, 0) is 76.3 Å². The van der Waals surface area contributed by atoms with Gasteiger partial charge in [-0.1, -0.05) is 62.4 Å². The van der Waals surface area contributed by atoms with Gasteiger partial charge in [0.1, 0.15) is 35.6 Å². The van der Waals surface area contributed by atoms with Crippen LogP contribution in [0.15, 0.2) is 71.8 Å². The summed E-state index contributed by atoms with van der Waals surface area (Å²) >= 11 is 0. The SMILES string of the molecule is CC(=O)O[C@@]12CO[C@@H]1C[C@H](OC(=O)CCCO)[C@@]1(C)C(=O)[C@H](OC(=O)CCCO)C3=C(C)[C@@H](OC(=O)[C@H](O)[C@@H](NC(=O)OC(C)(C)C)c4ccccc4)C[C@@](O)([C@@H](OC(=O)c4ccccc4)C12)C3(C)C. The number of carbonyl (C=O) groups is 7. The molecule has 0 spiro atoms. The summed E-state index contributed by atoms with van der Waals surface area (Å²) in [5.41, 5.74) is -9.07. The molecule has 1 unspecified atom stereocenters. The summed E-state index contributed by atoms with van der Waals surface area (Å²) in [7, 11) is 0. The van der Waals surface area contributed by atoms with Crippen molar-refractivity contribution in [3.05, 3.63) is 82.9 Å². The highest BCUT2D eigenvalue weighted by atomic mass is 16.6. The van der Waals surface area contributed by atoms with Crippen molar-refractivity contribution in [3.63, 3.8) is 0 Å². The first kappa shape index (κ1) is 53.6. The van der Waals surface area contributed by atoms with Crippen LogP contribution in [0.2, 0.25) is 0 Å². The zero-order valence-electron chi connectivity index (χ0n) is 40.8. The quantitative estimate of drug-likeness (QED) is 0.0906. The summed E-state index contributed by atoms with van der Waals surface area (Å²) in [6.07, 6.45) is -12.9. The lowest BCUT2D eigenvalue weighted by Gasteiger charge is -2.67. The standard InChI is InChI=1S/C51H65NO18/c1-28-32(65-45(61)39(58)38(30-17-11-9-12-18-30)52-46(62)70-47(3,4)5)26-51(63)43(68-44(60)31-19-13-10-14-20-31)41-49(8,42(59)40(37(28)48(51,6)7)67-36(57)22-16-24-54)33(66-35(56)21-15-23-53)25-34-50(41,27-64-34)69-29(2)55/h9-14,17-20,32-34,38-41,43,53-54,58,63H,15-16,21-27H2,1-8H3,(H,52,62)/t32-,33-,34+,38-,39+,40+,41?,43-,49+,50-,51+/m0/s1. The van der Waals surface area contributed by atoms with E-state index in [4.69, 9.17) is 33.2 Å². The molecular weight excluding hydrogens is 915 g/mol. The highest BCUT2D eigenvalue weighted by Crippen LogP contribution is 2.65. The number of hydrogen-bond acceptors (Lipinski definition) is 18. The Labute approximate surface area is 406 Å². The summed E-state index contributed by atoms with van der Waals surface area (Å²) in [4.78, 5) is 99.1. The van der Waals surface area contributed by atoms with Gasteiger partial charge in [-0.2, -0.15) is 0 Å². The fourth-order valence-corrected chi connectivity index (χ4v) is 10.6. The Bertz CT molecular complexity index is 2330. The largest absolute Gasteiger partial charge is 0.461 e. The lowest BCUT2D eigenvalue weighted by atomic mass is 9.44. The number of carbonyl (C=O) groups excluding carboxylic acids is 7. The van der Waals surface area contributed by atoms with Crippen LogP contribution in [0.25, 0.3) is 0 Å². The van der Waals surface area contributed by atoms with Gasteiger partial charge in [-0.3, -0.25) is 19.2 Å². The molecule has 6 rings (SSSR count). The van der Waals surface area contributed by atoms with Gasteiger partial charge in [0.05, 0.1) is 29.5 Å². The van der Waals surface area contributed by atoms with Crippen molar-refractivity contribution in [3.8, 4) is 0 Å². The van der Waals surface area contributed by atoms with Crippen molar-refractivity contribution in [2.75, 3.05) is 19.8 Å². The van der Waals surface area contributed by atoms with Crippen LogP contribution >= 0.6 is 0 Å². The number of nitrogens with one attached hydrogen (secondary N) is 1. The highest BCUT2D eigenvalue weighted by Gasteiger charge is 2.79. The van der Waals surface area contributed by atoms with E-state index in [9.17, 15) is 49.2 Å². The van der Waals surface area contributed by atoms with Crippen molar-refractivity contribution in [1.29, 1.82) is 0 Å². The van der Waals surface area contributed by atoms with E-state index in [1.807, 2.05) is 0 Å². The molecule has 1 amide bonds. The third kappa shape index (κ3) is 10.4. The molecule has 382 valence electrons. The molecule has 0 radical (unpaired) electrons. The highest BCUT2D eigenvalue weighted by molar-refractivity contribution is 5.96. The van der Waals surface area contributed by atoms with Crippen LogP contribution in [0.1, 0.15) is 116 Å². The zero-order chi connectivity index (χ0) is 51.6. The number of aliphatic hydroxyl groups excluding tert-OH is 3. The first-order chi connectivity index (χ1) is 32.9. The van der Waals surface area contributed by atoms with E-state index >= 15 is 4.79 Å². The summed E-state index contributed by atoms with van der Waals surface area (Å²) < 4.78 is 42.5. The summed E-state index contributed by atoms with van der Waals surface area (Å²) in [5.74, 6) is -7.56. The number of fused-ring (bicyclic) bond motifs is 5. The van der Waals surface area contributed by atoms with Gasteiger partial charge in [-0.25, -0.2) is 14.4 Å². The Hall–Kier alpha value is -5.73. The van der Waals surface area contributed by atoms with E-state index in [1.165, 1.54) is 39.8 Å². The second-order valence-electron chi connectivity index (χ2n) is 20.2. The summed E-state index contributed by atoms with van der Waals surface area (Å²) in [6, 6.07) is 14.3. The van der Waals surface area contributed by atoms with Gasteiger partial charge in [0.25, 0.3) is 0 Å². The lowest BCUT2D eigenvalue weighted by molar-refractivity contribution is -0.346. The monoisotopic (exact) mass is 979 g/mol. The Balaban J connectivity index is 1.60. The number of benzene rings is 2. The molecule has 11 atom stereocenters. The Morgan fingerprint density at radius 1 is 0.857 bits per heavy atom. The van der Waals surface area contributed by atoms with Crippen molar-refractivity contribution < 1.29 is 87.1 Å². The Kier molecular flexibility index (Phi) is 16.0. The molecule has 19 nitrogen and oxygen atoms in total. The third-order valence-corrected chi connectivity index (χ3v) is 14.1. The minimum Gasteiger partial charge on any atom is -0.461 e. The lowest BCUT2D eigenvalue weighted by Crippen LogP contribution is -2.82. The number of Topliss-reactive ketones (excluding diaryl/α,β-unsaturated/α-hetero) is 1. The van der Waals surface area contributed by atoms with Gasteiger partial charge in [0, 0.05) is 51.2 Å². The maximum atomic E-state index is 16.2. The maximum Gasteiger partial charge on any atom is 0.408 e. The first-order valence-electron chi connectivity index (χ1n) is 23.4. The molecule has 3 aliphatic carbocycles. The minimum atomic E-state index is -2.52. The number of aliphatic hydroxyl groups is 4. The van der Waals surface area contributed by atoms with Crippen molar-refractivity contribution in [2.45, 2.75) is 153 Å². The fourth-order valence-electron chi connectivity index (χ4n) is 10.6. The van der Waals surface area contributed by atoms with Crippen LogP contribution in [0, 0.1) is 16.7 Å². The number of hydrogen-bond donors (Lipinski definition) is 5. The molecule has 2 bridgehead atoms. The van der Waals surface area contributed by atoms with Crippen LogP contribution in [-0.2, 0) is 57.1 Å². The molecular formula is C51H65NO18. The molecule has 4 aliphatic rings. The average molecular weight is 980 g/mol. The second-order valence-corrected chi connectivity index (χ2v) is 20.2. The maximum absolute atomic E-state index is 16.2. The van der Waals surface area contributed by atoms with Gasteiger partial charge in [0.2, 0.25) is 0 Å². The number of alkyl carbamates (subject to hydrolysis) is 1. The second kappa shape index (κ2) is 20.9. The molecule has 19 heteroatoms. The van der Waals surface area contributed by atoms with E-state index in [1.54, 1.807) is 69.3 Å². The number of esters is 5. The van der Waals surface area contributed by atoms with Crippen LogP contribution in [-0.4, -0.2) is 135 Å². The van der Waals surface area contributed by atoms with E-state index in [-0.39, 0.29) is 61.0 Å². The van der Waals surface area contributed by atoms with Gasteiger partial charge >= 0.3 is 35.9 Å². The predicted octanol–water partition coefficient (Wildman–Crippen LogP) is 3.91. The molecule has 1 aliphatic heterocycles. The normalized spacial score (nSPS) is 29.7. The van der Waals surface area contributed by atoms with Gasteiger partial charge < -0.3 is 58.9 Å². The fraction of sp³-hybridized carbons (Fsp3) is 0.588. The van der Waals surface area contributed by atoms with Gasteiger partial charge in [0.15, 0.2) is 23.6 Å². The Morgan fingerprint density at radius 2 is 1.44 bits per heavy atom. The molecule has 2 aromatic carbocycles. The molecule has 2 aromatic rings. The van der Waals surface area contributed by atoms with Crippen molar-refractivity contribution >= 4 is 41.7 Å². The third-order valence-electron chi connectivity index (χ3n) is 14.1. The summed E-state index contributed by atoms with van der Waals surface area (Å²) in [5, 5.41) is 47.6. The van der Waals surface area contributed by atoms with Gasteiger partial charge in [-0.15, -0.1) is 0 Å². The molecule has 1 heterocycles. The van der Waals surface area contributed by atoms with Crippen molar-refractivity contribution in [2.24, 2.45) is 16.7 Å². The topological polar surface area (TPSA) is 277 Å². The molecule has 0 aromatic heterocycles. The molecule has 3 fully saturated rings. The number of ketones is 1. The average Bonchev–Trinajstić information content (AvgIpc) is 3.29. The van der Waals surface area contributed by atoms with E-state index < -0.39 is 138 Å². The van der Waals surface area contributed by atoms with Crippen LogP contribution < -0.4 is 5.32 Å². The molecule has 2 saturated carbocycles. The van der Waals surface area contributed by atoms with Crippen LogP contribution in [0.4, 0.5) is 4.79 Å². The summed E-state index contributed by atoms with van der Waals surface area (Å²) in [6.45, 7) is 10.7. The molecule has 5 N–H and O–H groups in total. The smallest absolute Gasteiger partial charge is 0.408 e. The Morgan fingerprint density at radius 3 is 1.99 bits per heavy atom. The predicted molar refractivity (Wildman–Crippen MR) is 244 cm³/mol. The molecule has 1 saturated heterocycles. The van der Waals surface area contributed by atoms with E-state index in [0.717, 1.165) is 6.92 Å². The van der Waals surface area contributed by atoms with Crippen LogP contribution in [0.3, 0.4) is 0 Å². The van der Waals surface area contributed by atoms with Crippen LogP contribution in [0.5, 0.6) is 0 Å². The molecule has 70 heavy (non-hydrogen) atoms. The number of rotatable bonds is 16.